The molecule has 8 heteroatoms. The Morgan fingerprint density at radius 2 is 1.50 bits per heavy atom. The van der Waals surface area contributed by atoms with E-state index < -0.39 is 28.5 Å². The summed E-state index contributed by atoms with van der Waals surface area (Å²) >= 11 is 0. The van der Waals surface area contributed by atoms with Crippen LogP contribution < -0.4 is 9.62 Å². The summed E-state index contributed by atoms with van der Waals surface area (Å²) in [6.07, 6.45) is 1.39. The number of rotatable bonds is 11. The van der Waals surface area contributed by atoms with Crippen molar-refractivity contribution in [2.24, 2.45) is 0 Å². The number of carbonyl (C=O) groups excluding carboxylic acids is 2. The van der Waals surface area contributed by atoms with Gasteiger partial charge >= 0.3 is 0 Å². The van der Waals surface area contributed by atoms with E-state index in [9.17, 15) is 18.0 Å². The highest BCUT2D eigenvalue weighted by molar-refractivity contribution is 7.92. The van der Waals surface area contributed by atoms with Gasteiger partial charge < -0.3 is 10.2 Å². The number of hydrogen-bond donors (Lipinski definition) is 1. The molecule has 202 valence electrons. The zero-order chi connectivity index (χ0) is 27.9. The molecular weight excluding hydrogens is 498 g/mol. The first-order chi connectivity index (χ1) is 18.0. The fourth-order valence-electron chi connectivity index (χ4n) is 4.53. The minimum absolute atomic E-state index is 0.171. The molecule has 3 rings (SSSR count). The second-order valence-corrected chi connectivity index (χ2v) is 11.6. The highest BCUT2D eigenvalue weighted by Gasteiger charge is 2.33. The van der Waals surface area contributed by atoms with Crippen LogP contribution in [0.3, 0.4) is 0 Å². The van der Waals surface area contributed by atoms with E-state index in [-0.39, 0.29) is 12.5 Å². The number of anilines is 1. The van der Waals surface area contributed by atoms with Crippen LogP contribution in [0, 0.1) is 20.8 Å². The first kappa shape index (κ1) is 28.9. The van der Waals surface area contributed by atoms with Gasteiger partial charge in [-0.1, -0.05) is 60.7 Å². The molecule has 3 aromatic rings. The number of aryl methyl sites for hydroxylation is 3. The molecule has 0 saturated heterocycles. The highest BCUT2D eigenvalue weighted by Crippen LogP contribution is 2.23. The van der Waals surface area contributed by atoms with Crippen LogP contribution in [0.4, 0.5) is 5.69 Å². The molecule has 3 aromatic carbocycles. The van der Waals surface area contributed by atoms with Crippen molar-refractivity contribution < 1.29 is 18.0 Å². The summed E-state index contributed by atoms with van der Waals surface area (Å²) in [5.74, 6) is -0.736. The first-order valence-corrected chi connectivity index (χ1v) is 14.6. The van der Waals surface area contributed by atoms with Gasteiger partial charge in [0.2, 0.25) is 21.8 Å². The largest absolute Gasteiger partial charge is 0.355 e. The van der Waals surface area contributed by atoms with Gasteiger partial charge in [0.15, 0.2) is 0 Å². The van der Waals surface area contributed by atoms with Gasteiger partial charge in [0, 0.05) is 19.5 Å². The average Bonchev–Trinajstić information content (AvgIpc) is 2.85. The van der Waals surface area contributed by atoms with E-state index in [1.54, 1.807) is 12.1 Å². The summed E-state index contributed by atoms with van der Waals surface area (Å²) in [7, 11) is -3.79. The lowest BCUT2D eigenvalue weighted by molar-refractivity contribution is -0.140. The Labute approximate surface area is 226 Å². The lowest BCUT2D eigenvalue weighted by atomic mass is 10.0. The van der Waals surface area contributed by atoms with Crippen molar-refractivity contribution in [1.29, 1.82) is 0 Å². The molecule has 2 amide bonds. The topological polar surface area (TPSA) is 86.8 Å². The Morgan fingerprint density at radius 1 is 0.895 bits per heavy atom. The Hall–Kier alpha value is -3.65. The molecule has 0 saturated carbocycles. The third-order valence-corrected chi connectivity index (χ3v) is 7.54. The van der Waals surface area contributed by atoms with Gasteiger partial charge in [0.1, 0.15) is 12.6 Å². The summed E-state index contributed by atoms with van der Waals surface area (Å²) in [5, 5.41) is 2.87. The lowest BCUT2D eigenvalue weighted by Crippen LogP contribution is -2.53. The van der Waals surface area contributed by atoms with Gasteiger partial charge in [-0.2, -0.15) is 0 Å². The number of hydrogen-bond acceptors (Lipinski definition) is 4. The number of carbonyl (C=O) groups is 2. The van der Waals surface area contributed by atoms with Crippen molar-refractivity contribution in [3.8, 4) is 0 Å². The molecule has 0 aliphatic rings. The van der Waals surface area contributed by atoms with Crippen molar-refractivity contribution in [3.05, 3.63) is 101 Å². The maximum atomic E-state index is 14.0. The Morgan fingerprint density at radius 3 is 2.08 bits per heavy atom. The van der Waals surface area contributed by atoms with Crippen LogP contribution in [0.5, 0.6) is 0 Å². The molecule has 0 aliphatic heterocycles. The summed E-state index contributed by atoms with van der Waals surface area (Å²) < 4.78 is 26.9. The molecule has 0 fully saturated rings. The van der Waals surface area contributed by atoms with Gasteiger partial charge in [-0.15, -0.1) is 0 Å². The second kappa shape index (κ2) is 12.7. The van der Waals surface area contributed by atoms with Crippen LogP contribution in [-0.2, 0) is 32.6 Å². The fourth-order valence-corrected chi connectivity index (χ4v) is 5.36. The molecule has 0 unspecified atom stereocenters. The SMILES string of the molecule is CCNC(=O)[C@@H](Cc1ccccc1)N(Cc1ccccc1C)C(=O)CN(c1cc(C)cc(C)c1)S(C)(=O)=O. The second-order valence-electron chi connectivity index (χ2n) is 9.66. The van der Waals surface area contributed by atoms with Crippen molar-refractivity contribution >= 4 is 27.5 Å². The van der Waals surface area contributed by atoms with E-state index in [2.05, 4.69) is 5.32 Å². The Kier molecular flexibility index (Phi) is 9.69. The fraction of sp³-hybridized carbons (Fsp3) is 0.333. The third-order valence-electron chi connectivity index (χ3n) is 6.40. The summed E-state index contributed by atoms with van der Waals surface area (Å²) in [4.78, 5) is 28.9. The van der Waals surface area contributed by atoms with Crippen molar-refractivity contribution in [1.82, 2.24) is 10.2 Å². The molecule has 1 atom stereocenters. The number of sulfonamides is 1. The number of likely N-dealkylation sites (N-methyl/N-ethyl adjacent to an activating group) is 1. The number of benzene rings is 3. The van der Waals surface area contributed by atoms with Crippen molar-refractivity contribution in [3.63, 3.8) is 0 Å². The minimum atomic E-state index is -3.79. The lowest BCUT2D eigenvalue weighted by Gasteiger charge is -2.34. The van der Waals surface area contributed by atoms with Gasteiger partial charge in [-0.25, -0.2) is 8.42 Å². The average molecular weight is 536 g/mol. The number of nitrogens with zero attached hydrogens (tertiary/aromatic N) is 2. The first-order valence-electron chi connectivity index (χ1n) is 12.7. The van der Waals surface area contributed by atoms with Crippen LogP contribution in [0.1, 0.15) is 34.7 Å². The molecule has 0 radical (unpaired) electrons. The molecule has 0 bridgehead atoms. The summed E-state index contributed by atoms with van der Waals surface area (Å²) in [5.41, 5.74) is 4.98. The maximum Gasteiger partial charge on any atom is 0.244 e. The Bertz CT molecular complexity index is 1350. The van der Waals surface area contributed by atoms with E-state index in [0.29, 0.717) is 18.7 Å². The molecular formula is C30H37N3O4S. The zero-order valence-corrected chi connectivity index (χ0v) is 23.6. The van der Waals surface area contributed by atoms with E-state index in [0.717, 1.165) is 38.4 Å². The van der Waals surface area contributed by atoms with E-state index >= 15 is 0 Å². The van der Waals surface area contributed by atoms with Gasteiger partial charge in [-0.3, -0.25) is 13.9 Å². The summed E-state index contributed by atoms with van der Waals surface area (Å²) in [6, 6.07) is 21.8. The molecule has 0 aromatic heterocycles. The predicted molar refractivity (Wildman–Crippen MR) is 152 cm³/mol. The molecule has 1 N–H and O–H groups in total. The zero-order valence-electron chi connectivity index (χ0n) is 22.8. The molecule has 0 aliphatic carbocycles. The molecule has 38 heavy (non-hydrogen) atoms. The third kappa shape index (κ3) is 7.68. The van der Waals surface area contributed by atoms with Crippen LogP contribution in [-0.4, -0.2) is 50.5 Å². The molecule has 0 heterocycles. The standard InChI is InChI=1S/C30H37N3O4S/c1-6-31-30(35)28(19-25-13-8-7-9-14-25)32(20-26-15-11-10-12-24(26)4)29(34)21-33(38(5,36)37)27-17-22(2)16-23(3)18-27/h7-18,28H,6,19-21H2,1-5H3,(H,31,35)/t28-/m1/s1. The molecule has 7 nitrogen and oxygen atoms in total. The van der Waals surface area contributed by atoms with E-state index in [1.807, 2.05) is 88.4 Å². The van der Waals surface area contributed by atoms with Crippen LogP contribution in [0.25, 0.3) is 0 Å². The normalized spacial score (nSPS) is 12.0. The van der Waals surface area contributed by atoms with Crippen LogP contribution >= 0.6 is 0 Å². The maximum absolute atomic E-state index is 14.0. The molecule has 0 spiro atoms. The predicted octanol–water partition coefficient (Wildman–Crippen LogP) is 4.15. The Balaban J connectivity index is 2.07. The van der Waals surface area contributed by atoms with E-state index in [1.165, 1.54) is 4.90 Å². The van der Waals surface area contributed by atoms with Crippen molar-refractivity contribution in [2.45, 2.75) is 46.7 Å². The highest BCUT2D eigenvalue weighted by atomic mass is 32.2. The number of nitrogens with one attached hydrogen (secondary N) is 1. The van der Waals surface area contributed by atoms with E-state index in [4.69, 9.17) is 0 Å². The monoisotopic (exact) mass is 535 g/mol. The quantitative estimate of drug-likeness (QED) is 0.400. The minimum Gasteiger partial charge on any atom is -0.355 e. The van der Waals surface area contributed by atoms with Crippen molar-refractivity contribution in [2.75, 3.05) is 23.7 Å². The van der Waals surface area contributed by atoms with Gasteiger partial charge in [-0.05, 0) is 67.6 Å². The van der Waals surface area contributed by atoms with Crippen LogP contribution in [0.15, 0.2) is 72.8 Å². The summed E-state index contributed by atoms with van der Waals surface area (Å²) in [6.45, 7) is 7.71. The smallest absolute Gasteiger partial charge is 0.244 e. The van der Waals surface area contributed by atoms with Crippen LogP contribution in [0.2, 0.25) is 0 Å². The van der Waals surface area contributed by atoms with Gasteiger partial charge in [0.05, 0.1) is 11.9 Å². The number of amides is 2. The van der Waals surface area contributed by atoms with Gasteiger partial charge in [0.25, 0.3) is 0 Å².